The monoisotopic (exact) mass is 657 g/mol. The molecule has 1 rings (SSSR count). The molecule has 3 atom stereocenters. The number of ether oxygens (including phenoxy) is 1. The Balaban J connectivity index is 2.82. The van der Waals surface area contributed by atoms with Gasteiger partial charge in [0, 0.05) is 25.7 Å². The topological polar surface area (TPSA) is 188 Å². The van der Waals surface area contributed by atoms with Gasteiger partial charge in [0.25, 0.3) is 0 Å². The summed E-state index contributed by atoms with van der Waals surface area (Å²) < 4.78 is 5.57. The zero-order valence-electron chi connectivity index (χ0n) is 27.7. The predicted octanol–water partition coefficient (Wildman–Crippen LogP) is 5.32. The van der Waals surface area contributed by atoms with Crippen molar-refractivity contribution in [2.75, 3.05) is 6.61 Å². The van der Waals surface area contributed by atoms with Crippen LogP contribution in [0.15, 0.2) is 36.4 Å². The SMILES string of the molecule is CC#CCCOc1ccc(CC(NC(=O)C(/C=C/CCCCCCC(=O)CCCCCCC)C(O)(CC(=O)O)C(=O)O)C(=O)O)cc1. The number of benzene rings is 1. The summed E-state index contributed by atoms with van der Waals surface area (Å²) in [6, 6.07) is 5.05. The van der Waals surface area contributed by atoms with Crippen molar-refractivity contribution < 1.29 is 49.1 Å². The van der Waals surface area contributed by atoms with Crippen LogP contribution in [0.1, 0.15) is 109 Å². The van der Waals surface area contributed by atoms with E-state index in [4.69, 9.17) is 4.74 Å². The number of hydrogen-bond donors (Lipinski definition) is 5. The first-order valence-electron chi connectivity index (χ1n) is 16.4. The first-order chi connectivity index (χ1) is 22.4. The summed E-state index contributed by atoms with van der Waals surface area (Å²) in [6.07, 6.45) is 11.8. The molecule has 0 heterocycles. The van der Waals surface area contributed by atoms with Gasteiger partial charge in [0.2, 0.25) is 5.91 Å². The molecule has 0 radical (unpaired) electrons. The number of carboxylic acid groups (broad SMARTS) is 3. The number of amides is 1. The minimum Gasteiger partial charge on any atom is -0.493 e. The molecule has 11 nitrogen and oxygen atoms in total. The largest absolute Gasteiger partial charge is 0.493 e. The van der Waals surface area contributed by atoms with E-state index in [1.165, 1.54) is 12.5 Å². The van der Waals surface area contributed by atoms with Gasteiger partial charge in [-0.15, -0.1) is 11.8 Å². The molecular weight excluding hydrogens is 606 g/mol. The standard InChI is InChI=1S/C36H51NO10/c1-3-5-7-10-13-17-28(38)18-14-11-8-9-12-15-19-30(36(46,35(44)45)26-32(39)40)33(41)37-31(34(42)43)25-27-20-22-29(23-21-27)47-24-16-6-4-2/h15,19-23,30-31,46H,3,5,7-14,16-18,24-26H2,1-2H3,(H,37,41)(H,39,40)(H,42,43)(H,44,45)/b19-15+. The number of Topliss-reactive ketones (excluding diaryl/α,β-unsaturated/α-hetero) is 1. The average Bonchev–Trinajstić information content (AvgIpc) is 3.02. The number of hydrogen-bond acceptors (Lipinski definition) is 7. The zero-order valence-corrected chi connectivity index (χ0v) is 27.7. The predicted molar refractivity (Wildman–Crippen MR) is 177 cm³/mol. The van der Waals surface area contributed by atoms with Gasteiger partial charge in [0.05, 0.1) is 18.9 Å². The fourth-order valence-corrected chi connectivity index (χ4v) is 5.00. The van der Waals surface area contributed by atoms with Gasteiger partial charge in [-0.2, -0.15) is 0 Å². The third-order valence-electron chi connectivity index (χ3n) is 7.70. The highest BCUT2D eigenvalue weighted by atomic mass is 16.5. The molecule has 0 aliphatic heterocycles. The molecule has 11 heteroatoms. The van der Waals surface area contributed by atoms with Crippen molar-refractivity contribution in [2.24, 2.45) is 5.92 Å². The number of aliphatic carboxylic acids is 3. The second kappa shape index (κ2) is 23.2. The summed E-state index contributed by atoms with van der Waals surface area (Å²) in [6.45, 7) is 4.26. The highest BCUT2D eigenvalue weighted by Crippen LogP contribution is 2.26. The van der Waals surface area contributed by atoms with Crippen molar-refractivity contribution in [3.8, 4) is 17.6 Å². The van der Waals surface area contributed by atoms with Crippen molar-refractivity contribution in [3.05, 3.63) is 42.0 Å². The first-order valence-corrected chi connectivity index (χ1v) is 16.4. The van der Waals surface area contributed by atoms with E-state index in [9.17, 15) is 44.4 Å². The van der Waals surface area contributed by atoms with Crippen LogP contribution in [0.5, 0.6) is 5.75 Å². The molecule has 0 aliphatic rings. The third-order valence-corrected chi connectivity index (χ3v) is 7.70. The number of carboxylic acids is 3. The van der Waals surface area contributed by atoms with E-state index in [1.54, 1.807) is 31.2 Å². The highest BCUT2D eigenvalue weighted by Gasteiger charge is 2.49. The molecule has 0 bridgehead atoms. The maximum absolute atomic E-state index is 13.3. The summed E-state index contributed by atoms with van der Waals surface area (Å²) in [5.74, 6) is -1.52. The number of allylic oxidation sites excluding steroid dienone is 1. The molecule has 0 fully saturated rings. The number of ketones is 1. The molecule has 0 aliphatic carbocycles. The fraction of sp³-hybridized carbons (Fsp3) is 0.583. The summed E-state index contributed by atoms with van der Waals surface area (Å²) >= 11 is 0. The molecule has 3 unspecified atom stereocenters. The van der Waals surface area contributed by atoms with Gasteiger partial charge in [-0.05, 0) is 50.3 Å². The molecule has 0 spiro atoms. The molecular formula is C36H51NO10. The van der Waals surface area contributed by atoms with Gasteiger partial charge in [0.15, 0.2) is 5.60 Å². The lowest BCUT2D eigenvalue weighted by Crippen LogP contribution is -2.55. The van der Waals surface area contributed by atoms with Crippen LogP contribution < -0.4 is 10.1 Å². The number of carbonyl (C=O) groups excluding carboxylic acids is 2. The summed E-state index contributed by atoms with van der Waals surface area (Å²) in [5, 5.41) is 42.0. The third kappa shape index (κ3) is 16.8. The average molecular weight is 658 g/mol. The van der Waals surface area contributed by atoms with Crippen molar-refractivity contribution in [3.63, 3.8) is 0 Å². The Bertz CT molecular complexity index is 1230. The zero-order chi connectivity index (χ0) is 35.1. The molecule has 0 saturated carbocycles. The van der Waals surface area contributed by atoms with Crippen LogP contribution in [0.3, 0.4) is 0 Å². The van der Waals surface area contributed by atoms with Crippen LogP contribution in [0.2, 0.25) is 0 Å². The molecule has 1 amide bonds. The molecule has 0 aromatic heterocycles. The van der Waals surface area contributed by atoms with Crippen LogP contribution in [0.25, 0.3) is 0 Å². The Morgan fingerprint density at radius 1 is 0.915 bits per heavy atom. The van der Waals surface area contributed by atoms with Crippen molar-refractivity contribution in [1.82, 2.24) is 5.32 Å². The van der Waals surface area contributed by atoms with E-state index >= 15 is 0 Å². The quantitative estimate of drug-likeness (QED) is 0.0495. The van der Waals surface area contributed by atoms with Gasteiger partial charge in [-0.1, -0.05) is 69.7 Å². The second-order valence-corrected chi connectivity index (χ2v) is 11.6. The minimum absolute atomic E-state index is 0.162. The number of aliphatic hydroxyl groups is 1. The van der Waals surface area contributed by atoms with E-state index in [2.05, 4.69) is 24.1 Å². The lowest BCUT2D eigenvalue weighted by molar-refractivity contribution is -0.172. The summed E-state index contributed by atoms with van der Waals surface area (Å²) in [5.41, 5.74) is -2.48. The Morgan fingerprint density at radius 2 is 1.53 bits per heavy atom. The fourth-order valence-electron chi connectivity index (χ4n) is 5.00. The maximum atomic E-state index is 13.3. The van der Waals surface area contributed by atoms with Gasteiger partial charge >= 0.3 is 17.9 Å². The lowest BCUT2D eigenvalue weighted by atomic mass is 9.82. The summed E-state index contributed by atoms with van der Waals surface area (Å²) in [4.78, 5) is 60.9. The molecule has 260 valence electrons. The smallest absolute Gasteiger partial charge is 0.337 e. The number of nitrogens with one attached hydrogen (secondary N) is 1. The van der Waals surface area contributed by atoms with Gasteiger partial charge in [-0.3, -0.25) is 14.4 Å². The van der Waals surface area contributed by atoms with E-state index in [-0.39, 0.29) is 12.2 Å². The van der Waals surface area contributed by atoms with Crippen LogP contribution >= 0.6 is 0 Å². The second-order valence-electron chi connectivity index (χ2n) is 11.6. The van der Waals surface area contributed by atoms with E-state index < -0.39 is 47.8 Å². The Morgan fingerprint density at radius 3 is 2.09 bits per heavy atom. The van der Waals surface area contributed by atoms with E-state index in [0.717, 1.165) is 51.0 Å². The van der Waals surface area contributed by atoms with Crippen molar-refractivity contribution in [2.45, 2.75) is 122 Å². The van der Waals surface area contributed by atoms with E-state index in [0.29, 0.717) is 50.0 Å². The Hall–Kier alpha value is -4.17. The Labute approximate surface area is 277 Å². The van der Waals surface area contributed by atoms with Gasteiger partial charge < -0.3 is 30.5 Å². The van der Waals surface area contributed by atoms with Crippen LogP contribution in [0.4, 0.5) is 0 Å². The first kappa shape index (κ1) is 40.9. The summed E-state index contributed by atoms with van der Waals surface area (Å²) in [7, 11) is 0. The number of carbonyl (C=O) groups is 5. The molecule has 47 heavy (non-hydrogen) atoms. The Kier molecular flexibility index (Phi) is 20.2. The number of rotatable bonds is 26. The molecule has 1 aromatic rings. The normalized spacial score (nSPS) is 13.5. The van der Waals surface area contributed by atoms with Gasteiger partial charge in [0.1, 0.15) is 17.6 Å². The molecule has 0 saturated heterocycles. The minimum atomic E-state index is -3.02. The van der Waals surface area contributed by atoms with Crippen LogP contribution in [-0.4, -0.2) is 68.3 Å². The van der Waals surface area contributed by atoms with Crippen LogP contribution in [-0.2, 0) is 30.4 Å². The highest BCUT2D eigenvalue weighted by molar-refractivity contribution is 5.94. The molecule has 5 N–H and O–H groups in total. The lowest BCUT2D eigenvalue weighted by Gasteiger charge is -2.29. The molecule has 1 aromatic carbocycles. The van der Waals surface area contributed by atoms with Crippen molar-refractivity contribution >= 4 is 29.6 Å². The van der Waals surface area contributed by atoms with E-state index in [1.807, 2.05) is 0 Å². The number of unbranched alkanes of at least 4 members (excludes halogenated alkanes) is 8. The maximum Gasteiger partial charge on any atom is 0.337 e. The van der Waals surface area contributed by atoms with Gasteiger partial charge in [-0.25, -0.2) is 9.59 Å². The van der Waals surface area contributed by atoms with Crippen molar-refractivity contribution in [1.29, 1.82) is 0 Å². The van der Waals surface area contributed by atoms with Crippen LogP contribution in [0, 0.1) is 17.8 Å².